The fraction of sp³-hybridized carbons (Fsp3) is 0.538. The fourth-order valence-electron chi connectivity index (χ4n) is 2.33. The maximum Gasteiger partial charge on any atom is 0.407 e. The molecule has 1 aliphatic heterocycles. The lowest BCUT2D eigenvalue weighted by Gasteiger charge is -2.22. The number of nitrogens with zero attached hydrogens (tertiary/aromatic N) is 2. The van der Waals surface area contributed by atoms with E-state index in [2.05, 4.69) is 19.9 Å². The van der Waals surface area contributed by atoms with Crippen LogP contribution >= 0.6 is 0 Å². The van der Waals surface area contributed by atoms with Gasteiger partial charge in [-0.25, -0.2) is 9.78 Å². The van der Waals surface area contributed by atoms with Crippen molar-refractivity contribution in [1.29, 1.82) is 0 Å². The molecule has 3 N–H and O–H groups in total. The minimum Gasteiger partial charge on any atom is -0.453 e. The second-order valence-corrected chi connectivity index (χ2v) is 4.77. The fourth-order valence-corrected chi connectivity index (χ4v) is 2.33. The molecule has 0 bridgehead atoms. The molecule has 1 fully saturated rings. The summed E-state index contributed by atoms with van der Waals surface area (Å²) in [7, 11) is 1.37. The highest BCUT2D eigenvalue weighted by molar-refractivity contribution is 5.67. The minimum absolute atomic E-state index is 0.0590. The Morgan fingerprint density at radius 2 is 2.47 bits per heavy atom. The average molecular weight is 264 g/mol. The summed E-state index contributed by atoms with van der Waals surface area (Å²) in [4.78, 5) is 17.8. The monoisotopic (exact) mass is 264 g/mol. The van der Waals surface area contributed by atoms with E-state index in [4.69, 9.17) is 5.73 Å². The van der Waals surface area contributed by atoms with Crippen LogP contribution in [0.4, 0.5) is 10.6 Å². The summed E-state index contributed by atoms with van der Waals surface area (Å²) >= 11 is 0. The second-order valence-electron chi connectivity index (χ2n) is 4.77. The van der Waals surface area contributed by atoms with Gasteiger partial charge in [-0.3, -0.25) is 0 Å². The molecule has 0 aliphatic carbocycles. The molecule has 1 unspecified atom stereocenters. The molecule has 2 heterocycles. The molecule has 1 aromatic heterocycles. The summed E-state index contributed by atoms with van der Waals surface area (Å²) in [5, 5.41) is 2.82. The van der Waals surface area contributed by atoms with Gasteiger partial charge in [0.15, 0.2) is 0 Å². The van der Waals surface area contributed by atoms with Crippen LogP contribution in [0.25, 0.3) is 0 Å². The van der Waals surface area contributed by atoms with Gasteiger partial charge in [0, 0.05) is 30.9 Å². The Labute approximate surface area is 112 Å². The number of hydrogen-bond acceptors (Lipinski definition) is 5. The topological polar surface area (TPSA) is 80.5 Å². The van der Waals surface area contributed by atoms with E-state index in [0.717, 1.165) is 30.9 Å². The summed E-state index contributed by atoms with van der Waals surface area (Å²) in [5.41, 5.74) is 6.99. The molecule has 0 aromatic carbocycles. The van der Waals surface area contributed by atoms with Crippen LogP contribution < -0.4 is 16.0 Å². The Balaban J connectivity index is 2.06. The number of amides is 1. The number of aromatic nitrogens is 1. The first-order valence-electron chi connectivity index (χ1n) is 6.41. The molecule has 0 radical (unpaired) electrons. The van der Waals surface area contributed by atoms with Gasteiger partial charge in [0.25, 0.3) is 0 Å². The van der Waals surface area contributed by atoms with Crippen molar-refractivity contribution in [2.45, 2.75) is 25.4 Å². The molecular weight excluding hydrogens is 244 g/mol. The molecule has 19 heavy (non-hydrogen) atoms. The van der Waals surface area contributed by atoms with Crippen LogP contribution in [-0.2, 0) is 4.74 Å². The summed E-state index contributed by atoms with van der Waals surface area (Å²) < 4.78 is 4.61. The third kappa shape index (κ3) is 3.14. The number of anilines is 1. The Kier molecular flexibility index (Phi) is 4.21. The van der Waals surface area contributed by atoms with Crippen molar-refractivity contribution in [3.05, 3.63) is 23.9 Å². The highest BCUT2D eigenvalue weighted by Gasteiger charge is 2.26. The Morgan fingerprint density at radius 3 is 3.16 bits per heavy atom. The lowest BCUT2D eigenvalue weighted by molar-refractivity contribution is 0.167. The zero-order valence-corrected chi connectivity index (χ0v) is 11.3. The standard InChI is InChI=1S/C13H20N4O2/c1-9(14)11-4-3-6-15-12(11)17-7-5-10(8-17)16-13(18)19-2/h3-4,6,9-10H,5,7-8,14H2,1-2H3,(H,16,18)/t9-,10?/m1/s1. The van der Waals surface area contributed by atoms with Gasteiger partial charge < -0.3 is 20.7 Å². The van der Waals surface area contributed by atoms with Gasteiger partial charge in [-0.15, -0.1) is 0 Å². The zero-order valence-electron chi connectivity index (χ0n) is 11.3. The van der Waals surface area contributed by atoms with Gasteiger partial charge in [0.05, 0.1) is 13.2 Å². The molecule has 6 nitrogen and oxygen atoms in total. The van der Waals surface area contributed by atoms with Crippen LogP contribution in [0.2, 0.25) is 0 Å². The van der Waals surface area contributed by atoms with Gasteiger partial charge in [0.1, 0.15) is 5.82 Å². The third-order valence-electron chi connectivity index (χ3n) is 3.30. The van der Waals surface area contributed by atoms with Gasteiger partial charge in [0.2, 0.25) is 0 Å². The molecule has 6 heteroatoms. The minimum atomic E-state index is -0.389. The van der Waals surface area contributed by atoms with Crippen LogP contribution in [0.3, 0.4) is 0 Å². The predicted octanol–water partition coefficient (Wildman–Crippen LogP) is 1.04. The maximum atomic E-state index is 11.2. The average Bonchev–Trinajstić information content (AvgIpc) is 2.86. The Morgan fingerprint density at radius 1 is 1.68 bits per heavy atom. The number of rotatable bonds is 3. The number of hydrogen-bond donors (Lipinski definition) is 2. The van der Waals surface area contributed by atoms with Crippen molar-refractivity contribution in [3.63, 3.8) is 0 Å². The van der Waals surface area contributed by atoms with Crippen molar-refractivity contribution >= 4 is 11.9 Å². The van der Waals surface area contributed by atoms with Crippen molar-refractivity contribution < 1.29 is 9.53 Å². The number of methoxy groups -OCH3 is 1. The highest BCUT2D eigenvalue weighted by Crippen LogP contribution is 2.25. The van der Waals surface area contributed by atoms with Crippen molar-refractivity contribution in [2.75, 3.05) is 25.1 Å². The number of nitrogens with one attached hydrogen (secondary N) is 1. The maximum absolute atomic E-state index is 11.2. The molecular formula is C13H20N4O2. The predicted molar refractivity (Wildman–Crippen MR) is 73.0 cm³/mol. The van der Waals surface area contributed by atoms with Crippen LogP contribution in [0, 0.1) is 0 Å². The van der Waals surface area contributed by atoms with Crippen molar-refractivity contribution in [1.82, 2.24) is 10.3 Å². The van der Waals surface area contributed by atoms with Crippen molar-refractivity contribution in [3.8, 4) is 0 Å². The lowest BCUT2D eigenvalue weighted by Crippen LogP contribution is -2.37. The van der Waals surface area contributed by atoms with Gasteiger partial charge in [-0.2, -0.15) is 0 Å². The Bertz CT molecular complexity index is 450. The largest absolute Gasteiger partial charge is 0.453 e. The second kappa shape index (κ2) is 5.88. The summed E-state index contributed by atoms with van der Waals surface area (Å²) in [5.74, 6) is 0.909. The summed E-state index contributed by atoms with van der Waals surface area (Å²) in [6, 6.07) is 3.92. The normalized spacial score (nSPS) is 20.2. The molecule has 0 saturated carbocycles. The van der Waals surface area contributed by atoms with E-state index in [1.54, 1.807) is 6.20 Å². The molecule has 1 aliphatic rings. The summed E-state index contributed by atoms with van der Waals surface area (Å²) in [6.07, 6.45) is 2.26. The van der Waals surface area contributed by atoms with E-state index in [-0.39, 0.29) is 18.2 Å². The first-order chi connectivity index (χ1) is 9.11. The van der Waals surface area contributed by atoms with Crippen LogP contribution in [-0.4, -0.2) is 37.3 Å². The lowest BCUT2D eigenvalue weighted by atomic mass is 10.1. The number of nitrogens with two attached hydrogens (primary N) is 1. The third-order valence-corrected chi connectivity index (χ3v) is 3.30. The molecule has 1 amide bonds. The van der Waals surface area contributed by atoms with Crippen LogP contribution in [0.5, 0.6) is 0 Å². The molecule has 2 atom stereocenters. The quantitative estimate of drug-likeness (QED) is 0.852. The van der Waals surface area contributed by atoms with Gasteiger partial charge >= 0.3 is 6.09 Å². The highest BCUT2D eigenvalue weighted by atomic mass is 16.5. The first-order valence-corrected chi connectivity index (χ1v) is 6.41. The van der Waals surface area contributed by atoms with E-state index in [1.165, 1.54) is 7.11 Å². The smallest absolute Gasteiger partial charge is 0.407 e. The molecule has 104 valence electrons. The molecule has 1 saturated heterocycles. The van der Waals surface area contributed by atoms with Crippen LogP contribution in [0.1, 0.15) is 24.9 Å². The Hall–Kier alpha value is -1.82. The molecule has 2 rings (SSSR count). The number of pyridine rings is 1. The first kappa shape index (κ1) is 13.6. The number of carbonyl (C=O) groups is 1. The summed E-state index contributed by atoms with van der Waals surface area (Å²) in [6.45, 7) is 3.53. The van der Waals surface area contributed by atoms with E-state index in [9.17, 15) is 4.79 Å². The van der Waals surface area contributed by atoms with E-state index >= 15 is 0 Å². The SMILES string of the molecule is COC(=O)NC1CCN(c2ncccc2[C@@H](C)N)C1. The zero-order chi connectivity index (χ0) is 13.8. The molecule has 1 aromatic rings. The van der Waals surface area contributed by atoms with E-state index in [1.807, 2.05) is 19.1 Å². The molecule has 0 spiro atoms. The van der Waals surface area contributed by atoms with Gasteiger partial charge in [-0.05, 0) is 19.4 Å². The van der Waals surface area contributed by atoms with Crippen LogP contribution in [0.15, 0.2) is 18.3 Å². The van der Waals surface area contributed by atoms with E-state index in [0.29, 0.717) is 0 Å². The van der Waals surface area contributed by atoms with E-state index < -0.39 is 0 Å². The number of ether oxygens (including phenoxy) is 1. The van der Waals surface area contributed by atoms with Crippen molar-refractivity contribution in [2.24, 2.45) is 5.73 Å². The number of alkyl carbamates (subject to hydrolysis) is 1. The number of carbonyl (C=O) groups excluding carboxylic acids is 1. The van der Waals surface area contributed by atoms with Gasteiger partial charge in [-0.1, -0.05) is 6.07 Å².